The smallest absolute Gasteiger partial charge is 0.0790 e. The van der Waals surface area contributed by atoms with Crippen molar-refractivity contribution in [2.24, 2.45) is 0 Å². The molecule has 2 aliphatic heterocycles. The Morgan fingerprint density at radius 1 is 1.55 bits per heavy atom. The van der Waals surface area contributed by atoms with E-state index in [-0.39, 0.29) is 0 Å². The van der Waals surface area contributed by atoms with Crippen LogP contribution in [0.4, 0.5) is 0 Å². The van der Waals surface area contributed by atoms with Crippen LogP contribution in [0.5, 0.6) is 0 Å². The molecule has 0 bridgehead atoms. The lowest BCUT2D eigenvalue weighted by molar-refractivity contribution is -0.0544. The van der Waals surface area contributed by atoms with Crippen molar-refractivity contribution in [3.05, 3.63) is 0 Å². The molecule has 0 saturated carbocycles. The summed E-state index contributed by atoms with van der Waals surface area (Å²) < 4.78 is 6.73. The lowest BCUT2D eigenvalue weighted by Gasteiger charge is -2.35. The van der Waals surface area contributed by atoms with Gasteiger partial charge in [0.15, 0.2) is 0 Å². The fourth-order valence-corrected chi connectivity index (χ4v) is 4.27. The van der Waals surface area contributed by atoms with E-state index in [0.717, 1.165) is 10.5 Å². The largest absolute Gasteiger partial charge is 0.374 e. The van der Waals surface area contributed by atoms with Gasteiger partial charge < -0.3 is 4.74 Å². The zero-order valence-electron chi connectivity index (χ0n) is 6.51. The van der Waals surface area contributed by atoms with Gasteiger partial charge in [-0.25, -0.2) is 0 Å². The Morgan fingerprint density at radius 3 is 3.09 bits per heavy atom. The molecule has 1 nitrogen and oxygen atoms in total. The molecule has 0 amide bonds. The molecule has 2 unspecified atom stereocenters. The SMILES string of the molecule is IC1CCOC2(CCSC2)C1. The molecule has 0 aromatic heterocycles. The first-order chi connectivity index (χ1) is 5.31. The van der Waals surface area contributed by atoms with Crippen molar-refractivity contribution in [2.75, 3.05) is 18.1 Å². The van der Waals surface area contributed by atoms with Gasteiger partial charge in [0.25, 0.3) is 0 Å². The van der Waals surface area contributed by atoms with E-state index in [4.69, 9.17) is 4.74 Å². The first kappa shape index (κ1) is 8.63. The van der Waals surface area contributed by atoms with E-state index in [1.807, 2.05) is 0 Å². The highest BCUT2D eigenvalue weighted by Gasteiger charge is 2.39. The maximum absolute atomic E-state index is 5.87. The predicted molar refractivity (Wildman–Crippen MR) is 57.7 cm³/mol. The Hall–Kier alpha value is 1.04. The average Bonchev–Trinajstić information content (AvgIpc) is 2.37. The summed E-state index contributed by atoms with van der Waals surface area (Å²) in [5, 5.41) is 0. The number of rotatable bonds is 0. The fraction of sp³-hybridized carbons (Fsp3) is 1.00. The van der Waals surface area contributed by atoms with Crippen molar-refractivity contribution in [1.82, 2.24) is 0 Å². The molecule has 0 aromatic carbocycles. The molecule has 0 aromatic rings. The summed E-state index contributed by atoms with van der Waals surface area (Å²) in [5.41, 5.74) is 0.300. The van der Waals surface area contributed by atoms with Crippen LogP contribution in [0.1, 0.15) is 19.3 Å². The van der Waals surface area contributed by atoms with Gasteiger partial charge in [0.2, 0.25) is 0 Å². The van der Waals surface area contributed by atoms with Crippen LogP contribution in [0.2, 0.25) is 0 Å². The second-order valence-electron chi connectivity index (χ2n) is 3.42. The number of halogens is 1. The molecule has 0 N–H and O–H groups in total. The normalized spacial score (nSPS) is 45.0. The van der Waals surface area contributed by atoms with Crippen molar-refractivity contribution < 1.29 is 4.74 Å². The minimum atomic E-state index is 0.300. The fourth-order valence-electron chi connectivity index (χ4n) is 1.83. The minimum absolute atomic E-state index is 0.300. The predicted octanol–water partition coefficient (Wildman–Crippen LogP) is 2.48. The average molecular weight is 284 g/mol. The van der Waals surface area contributed by atoms with Gasteiger partial charge in [-0.1, -0.05) is 22.6 Å². The summed E-state index contributed by atoms with van der Waals surface area (Å²) in [7, 11) is 0. The van der Waals surface area contributed by atoms with E-state index in [0.29, 0.717) is 5.60 Å². The first-order valence-electron chi connectivity index (χ1n) is 4.17. The monoisotopic (exact) mass is 284 g/mol. The Balaban J connectivity index is 2.00. The maximum Gasteiger partial charge on any atom is 0.0790 e. The maximum atomic E-state index is 5.87. The van der Waals surface area contributed by atoms with Crippen molar-refractivity contribution in [3.8, 4) is 0 Å². The molecule has 2 aliphatic rings. The number of thioether (sulfide) groups is 1. The standard InChI is InChI=1S/C8H13IOS/c9-7-1-3-10-8(5-7)2-4-11-6-8/h7H,1-6H2. The summed E-state index contributed by atoms with van der Waals surface area (Å²) in [5.74, 6) is 2.55. The number of hydrogen-bond acceptors (Lipinski definition) is 2. The molecule has 2 fully saturated rings. The molecule has 2 heterocycles. The second-order valence-corrected chi connectivity index (χ2v) is 6.29. The lowest BCUT2D eigenvalue weighted by atomic mass is 9.93. The van der Waals surface area contributed by atoms with Crippen LogP contribution in [-0.4, -0.2) is 27.6 Å². The van der Waals surface area contributed by atoms with Crippen molar-refractivity contribution >= 4 is 34.4 Å². The molecular formula is C8H13IOS. The van der Waals surface area contributed by atoms with Crippen LogP contribution in [0.15, 0.2) is 0 Å². The van der Waals surface area contributed by atoms with Gasteiger partial charge in [-0.3, -0.25) is 0 Å². The lowest BCUT2D eigenvalue weighted by Crippen LogP contribution is -2.40. The molecule has 3 heteroatoms. The third-order valence-corrected chi connectivity index (χ3v) is 4.79. The Morgan fingerprint density at radius 2 is 2.45 bits per heavy atom. The van der Waals surface area contributed by atoms with E-state index >= 15 is 0 Å². The summed E-state index contributed by atoms with van der Waals surface area (Å²) >= 11 is 4.62. The second kappa shape index (κ2) is 3.42. The van der Waals surface area contributed by atoms with Crippen molar-refractivity contribution in [3.63, 3.8) is 0 Å². The van der Waals surface area contributed by atoms with Crippen molar-refractivity contribution in [1.29, 1.82) is 0 Å². The summed E-state index contributed by atoms with van der Waals surface area (Å²) in [6.45, 7) is 0.994. The molecule has 0 aliphatic carbocycles. The highest BCUT2D eigenvalue weighted by atomic mass is 127. The molecule has 2 rings (SSSR count). The summed E-state index contributed by atoms with van der Waals surface area (Å²) in [6.07, 6.45) is 3.84. The quantitative estimate of drug-likeness (QED) is 0.499. The zero-order valence-corrected chi connectivity index (χ0v) is 9.49. The zero-order chi connectivity index (χ0) is 7.73. The first-order valence-corrected chi connectivity index (χ1v) is 6.57. The molecule has 64 valence electrons. The molecule has 2 atom stereocenters. The van der Waals surface area contributed by atoms with Gasteiger partial charge >= 0.3 is 0 Å². The third-order valence-electron chi connectivity index (χ3n) is 2.50. The summed E-state index contributed by atoms with van der Waals surface area (Å²) in [6, 6.07) is 0. The number of hydrogen-bond donors (Lipinski definition) is 0. The van der Waals surface area contributed by atoms with E-state index in [2.05, 4.69) is 34.4 Å². The van der Waals surface area contributed by atoms with Gasteiger partial charge in [-0.05, 0) is 25.0 Å². The Kier molecular flexibility index (Phi) is 2.68. The molecule has 1 spiro atoms. The van der Waals surface area contributed by atoms with Crippen LogP contribution < -0.4 is 0 Å². The molecular weight excluding hydrogens is 271 g/mol. The molecule has 0 radical (unpaired) electrons. The van der Waals surface area contributed by atoms with E-state index in [9.17, 15) is 0 Å². The Labute approximate surface area is 85.8 Å². The molecule has 2 saturated heterocycles. The van der Waals surface area contributed by atoms with Crippen LogP contribution in [0, 0.1) is 0 Å². The van der Waals surface area contributed by atoms with Gasteiger partial charge in [0.05, 0.1) is 5.60 Å². The summed E-state index contributed by atoms with van der Waals surface area (Å²) in [4.78, 5) is 0. The van der Waals surface area contributed by atoms with Gasteiger partial charge in [0, 0.05) is 16.3 Å². The van der Waals surface area contributed by atoms with Crippen LogP contribution >= 0.6 is 34.4 Å². The van der Waals surface area contributed by atoms with Crippen LogP contribution in [0.3, 0.4) is 0 Å². The Bertz CT molecular complexity index is 145. The van der Waals surface area contributed by atoms with Gasteiger partial charge in [-0.2, -0.15) is 11.8 Å². The van der Waals surface area contributed by atoms with Gasteiger partial charge in [-0.15, -0.1) is 0 Å². The van der Waals surface area contributed by atoms with E-state index in [1.54, 1.807) is 0 Å². The van der Waals surface area contributed by atoms with E-state index < -0.39 is 0 Å². The third kappa shape index (κ3) is 1.86. The highest BCUT2D eigenvalue weighted by Crippen LogP contribution is 2.40. The van der Waals surface area contributed by atoms with Crippen molar-refractivity contribution in [2.45, 2.75) is 28.8 Å². The van der Waals surface area contributed by atoms with Gasteiger partial charge in [0.1, 0.15) is 0 Å². The minimum Gasteiger partial charge on any atom is -0.374 e. The number of ether oxygens (including phenoxy) is 1. The molecule has 11 heavy (non-hydrogen) atoms. The van der Waals surface area contributed by atoms with Crippen LogP contribution in [0.25, 0.3) is 0 Å². The van der Waals surface area contributed by atoms with E-state index in [1.165, 1.54) is 30.8 Å². The topological polar surface area (TPSA) is 9.23 Å². The number of alkyl halides is 1. The highest BCUT2D eigenvalue weighted by molar-refractivity contribution is 14.1. The van der Waals surface area contributed by atoms with Crippen LogP contribution in [-0.2, 0) is 4.74 Å².